The van der Waals surface area contributed by atoms with Gasteiger partial charge in [-0.2, -0.15) is 23.4 Å². The van der Waals surface area contributed by atoms with Gasteiger partial charge in [-0.1, -0.05) is 0 Å². The zero-order chi connectivity index (χ0) is 22.9. The van der Waals surface area contributed by atoms with E-state index < -0.39 is 29.5 Å². The van der Waals surface area contributed by atoms with Crippen LogP contribution in [0.2, 0.25) is 0 Å². The highest BCUT2D eigenvalue weighted by atomic mass is 19.4. The monoisotopic (exact) mass is 450 g/mol. The molecule has 32 heavy (non-hydrogen) atoms. The lowest BCUT2D eigenvalue weighted by Crippen LogP contribution is -2.45. The van der Waals surface area contributed by atoms with E-state index in [2.05, 4.69) is 20.2 Å². The summed E-state index contributed by atoms with van der Waals surface area (Å²) in [4.78, 5) is 23.8. The Bertz CT molecular complexity index is 1120. The van der Waals surface area contributed by atoms with E-state index in [1.807, 2.05) is 0 Å². The Balaban J connectivity index is 1.52. The highest BCUT2D eigenvalue weighted by Crippen LogP contribution is 2.31. The maximum atomic E-state index is 14.1. The number of hydrogen-bond donors (Lipinski definition) is 0. The summed E-state index contributed by atoms with van der Waals surface area (Å²) >= 11 is 0. The Kier molecular flexibility index (Phi) is 5.76. The second-order valence-corrected chi connectivity index (χ2v) is 7.34. The number of hydrogen-bond acceptors (Lipinski definition) is 6. The third kappa shape index (κ3) is 4.53. The van der Waals surface area contributed by atoms with Crippen LogP contribution in [0.4, 0.5) is 17.6 Å². The van der Waals surface area contributed by atoms with Gasteiger partial charge in [0.25, 0.3) is 11.8 Å². The van der Waals surface area contributed by atoms with Crippen molar-refractivity contribution in [2.75, 3.05) is 13.1 Å². The highest BCUT2D eigenvalue weighted by molar-refractivity contribution is 5.97. The maximum absolute atomic E-state index is 14.1. The van der Waals surface area contributed by atoms with Gasteiger partial charge in [-0.25, -0.2) is 14.4 Å². The van der Waals surface area contributed by atoms with Crippen molar-refractivity contribution in [3.8, 4) is 11.7 Å². The van der Waals surface area contributed by atoms with Crippen LogP contribution in [0.1, 0.15) is 34.3 Å². The number of likely N-dealkylation sites (tertiary alicyclic amines) is 1. The van der Waals surface area contributed by atoms with E-state index in [-0.39, 0.29) is 18.3 Å². The van der Waals surface area contributed by atoms with Gasteiger partial charge in [0.1, 0.15) is 6.10 Å². The molecule has 3 aromatic rings. The second-order valence-electron chi connectivity index (χ2n) is 7.34. The molecular formula is C20H18F4N6O2. The van der Waals surface area contributed by atoms with Crippen LogP contribution < -0.4 is 4.74 Å². The largest absolute Gasteiger partial charge is 0.470 e. The standard InChI is InChI=1S/C20H18F4N6O2/c1-12-7-15(17(25-9-12)30-27-4-5-28-30)19(31)29-6-2-3-14(11-29)32-18-16(21)8-13(10-26-18)20(22,23)24/h4-5,7-10,14H,2-3,6,11H2,1H3/t14-/m1/s1. The maximum Gasteiger partial charge on any atom is 0.417 e. The van der Waals surface area contributed by atoms with Crippen LogP contribution in [0.5, 0.6) is 5.88 Å². The van der Waals surface area contributed by atoms with E-state index in [4.69, 9.17) is 4.74 Å². The number of carbonyl (C=O) groups excluding carboxylic acids is 1. The number of rotatable bonds is 4. The third-order valence-corrected chi connectivity index (χ3v) is 4.92. The number of amides is 1. The minimum absolute atomic E-state index is 0.112. The van der Waals surface area contributed by atoms with Gasteiger partial charge in [0.2, 0.25) is 0 Å². The molecule has 4 rings (SSSR count). The molecule has 8 nitrogen and oxygen atoms in total. The first-order chi connectivity index (χ1) is 15.2. The first-order valence-corrected chi connectivity index (χ1v) is 9.74. The number of pyridine rings is 2. The van der Waals surface area contributed by atoms with Crippen LogP contribution in [0.15, 0.2) is 36.9 Å². The summed E-state index contributed by atoms with van der Waals surface area (Å²) in [6.45, 7) is 2.34. The predicted molar refractivity (Wildman–Crippen MR) is 103 cm³/mol. The van der Waals surface area contributed by atoms with Crippen molar-refractivity contribution < 1.29 is 27.1 Å². The molecular weight excluding hydrogens is 432 g/mol. The molecule has 0 aromatic carbocycles. The Morgan fingerprint density at radius 2 is 1.91 bits per heavy atom. The summed E-state index contributed by atoms with van der Waals surface area (Å²) in [5, 5.41) is 8.05. The van der Waals surface area contributed by atoms with Crippen LogP contribution in [-0.2, 0) is 6.18 Å². The second kappa shape index (κ2) is 8.52. The molecule has 0 bridgehead atoms. The van der Waals surface area contributed by atoms with E-state index in [0.717, 1.165) is 5.56 Å². The van der Waals surface area contributed by atoms with Crippen molar-refractivity contribution in [3.05, 3.63) is 59.4 Å². The Morgan fingerprint density at radius 1 is 1.16 bits per heavy atom. The molecule has 0 N–H and O–H groups in total. The lowest BCUT2D eigenvalue weighted by Gasteiger charge is -2.33. The minimum atomic E-state index is -4.70. The molecule has 1 atom stereocenters. The summed E-state index contributed by atoms with van der Waals surface area (Å²) in [7, 11) is 0. The minimum Gasteiger partial charge on any atom is -0.470 e. The topological polar surface area (TPSA) is 86.0 Å². The molecule has 12 heteroatoms. The fourth-order valence-electron chi connectivity index (χ4n) is 3.42. The molecule has 1 aliphatic heterocycles. The van der Waals surface area contributed by atoms with Crippen LogP contribution >= 0.6 is 0 Å². The van der Waals surface area contributed by atoms with Crippen LogP contribution in [0, 0.1) is 12.7 Å². The Labute approximate surface area is 179 Å². The number of halogens is 4. The summed E-state index contributed by atoms with van der Waals surface area (Å²) in [5.74, 6) is -1.80. The number of nitrogens with zero attached hydrogens (tertiary/aromatic N) is 6. The molecule has 1 saturated heterocycles. The zero-order valence-electron chi connectivity index (χ0n) is 16.9. The van der Waals surface area contributed by atoms with Crippen LogP contribution in [0.25, 0.3) is 5.82 Å². The van der Waals surface area contributed by atoms with Gasteiger partial charge >= 0.3 is 6.18 Å². The highest BCUT2D eigenvalue weighted by Gasteiger charge is 2.33. The third-order valence-electron chi connectivity index (χ3n) is 4.92. The van der Waals surface area contributed by atoms with Gasteiger partial charge in [-0.05, 0) is 37.5 Å². The zero-order valence-corrected chi connectivity index (χ0v) is 16.9. The lowest BCUT2D eigenvalue weighted by molar-refractivity contribution is -0.138. The number of carbonyl (C=O) groups is 1. The van der Waals surface area contributed by atoms with E-state index in [1.54, 1.807) is 19.2 Å². The molecule has 0 unspecified atom stereocenters. The van der Waals surface area contributed by atoms with Crippen molar-refractivity contribution in [3.63, 3.8) is 0 Å². The average Bonchev–Trinajstić information content (AvgIpc) is 3.29. The van der Waals surface area contributed by atoms with Gasteiger partial charge in [-0.15, -0.1) is 4.80 Å². The summed E-state index contributed by atoms with van der Waals surface area (Å²) in [6.07, 6.45) is 0.763. The number of aryl methyl sites for hydroxylation is 1. The van der Waals surface area contributed by atoms with Gasteiger partial charge in [-0.3, -0.25) is 4.79 Å². The summed E-state index contributed by atoms with van der Waals surface area (Å²) < 4.78 is 57.8. The first-order valence-electron chi connectivity index (χ1n) is 9.74. The van der Waals surface area contributed by atoms with Gasteiger partial charge < -0.3 is 9.64 Å². The predicted octanol–water partition coefficient (Wildman–Crippen LogP) is 3.21. The van der Waals surface area contributed by atoms with Crippen molar-refractivity contribution in [2.45, 2.75) is 32.0 Å². The molecule has 3 aromatic heterocycles. The van der Waals surface area contributed by atoms with Crippen molar-refractivity contribution in [1.82, 2.24) is 29.9 Å². The van der Waals surface area contributed by atoms with Gasteiger partial charge in [0.15, 0.2) is 11.6 Å². The molecule has 0 spiro atoms. The molecule has 0 saturated carbocycles. The van der Waals surface area contributed by atoms with Crippen molar-refractivity contribution in [1.29, 1.82) is 0 Å². The van der Waals surface area contributed by atoms with Gasteiger partial charge in [0, 0.05) is 18.9 Å². The molecule has 0 radical (unpaired) electrons. The smallest absolute Gasteiger partial charge is 0.417 e. The molecule has 0 aliphatic carbocycles. The Morgan fingerprint density at radius 3 is 2.59 bits per heavy atom. The summed E-state index contributed by atoms with van der Waals surface area (Å²) in [5.41, 5.74) is -0.139. The van der Waals surface area contributed by atoms with Gasteiger partial charge in [0.05, 0.1) is 30.1 Å². The fourth-order valence-corrected chi connectivity index (χ4v) is 3.42. The van der Waals surface area contributed by atoms with E-state index >= 15 is 0 Å². The number of piperidine rings is 1. The first kappa shape index (κ1) is 21.7. The van der Waals surface area contributed by atoms with E-state index in [0.29, 0.717) is 37.2 Å². The number of ether oxygens (including phenoxy) is 1. The quantitative estimate of drug-likeness (QED) is 0.568. The lowest BCUT2D eigenvalue weighted by atomic mass is 10.1. The normalized spacial score (nSPS) is 16.8. The molecule has 168 valence electrons. The van der Waals surface area contributed by atoms with Crippen molar-refractivity contribution >= 4 is 5.91 Å². The number of aromatic nitrogens is 5. The average molecular weight is 450 g/mol. The Hall–Kier alpha value is -3.57. The van der Waals surface area contributed by atoms with E-state index in [1.165, 1.54) is 22.1 Å². The van der Waals surface area contributed by atoms with Crippen LogP contribution in [-0.4, -0.2) is 55.0 Å². The molecule has 1 aliphatic rings. The molecule has 4 heterocycles. The SMILES string of the molecule is Cc1cnc(-n2nccn2)c(C(=O)N2CCC[C@@H](Oc3ncc(C(F)(F)F)cc3F)C2)c1. The summed E-state index contributed by atoms with van der Waals surface area (Å²) in [6, 6.07) is 2.02. The van der Waals surface area contributed by atoms with E-state index in [9.17, 15) is 22.4 Å². The molecule has 1 amide bonds. The van der Waals surface area contributed by atoms with Crippen molar-refractivity contribution in [2.24, 2.45) is 0 Å². The fraction of sp³-hybridized carbons (Fsp3) is 0.350. The molecule has 1 fully saturated rings. The number of alkyl halides is 3. The van der Waals surface area contributed by atoms with Crippen LogP contribution in [0.3, 0.4) is 0 Å².